The molecule has 0 atom stereocenters. The SMILES string of the molecule is CC(C)(C)n1ncc2c(NCc3nnc(C4CC4)o3)ncnc21. The summed E-state index contributed by atoms with van der Waals surface area (Å²) < 4.78 is 7.55. The fourth-order valence-electron chi connectivity index (χ4n) is 2.47. The Labute approximate surface area is 133 Å². The van der Waals surface area contributed by atoms with Gasteiger partial charge in [0.25, 0.3) is 0 Å². The van der Waals surface area contributed by atoms with Crippen molar-refractivity contribution in [1.82, 2.24) is 29.9 Å². The number of fused-ring (bicyclic) bond motifs is 1. The van der Waals surface area contributed by atoms with Crippen LogP contribution in [0.4, 0.5) is 5.82 Å². The number of aromatic nitrogens is 6. The zero-order chi connectivity index (χ0) is 16.0. The molecule has 0 unspecified atom stereocenters. The molecule has 4 rings (SSSR count). The van der Waals surface area contributed by atoms with Gasteiger partial charge in [-0.25, -0.2) is 14.6 Å². The standard InChI is InChI=1S/C15H19N7O/c1-15(2,3)22-13-10(6-19-22)12(17-8-18-13)16-7-11-20-21-14(23-11)9-4-5-9/h6,8-9H,4-5,7H2,1-3H3,(H,16,17,18). The molecule has 0 spiro atoms. The Morgan fingerprint density at radius 2 is 2.09 bits per heavy atom. The average Bonchev–Trinajstić information content (AvgIpc) is 3.08. The van der Waals surface area contributed by atoms with E-state index in [-0.39, 0.29) is 5.54 Å². The molecule has 0 saturated heterocycles. The molecular formula is C15H19N7O. The lowest BCUT2D eigenvalue weighted by molar-refractivity contribution is 0.366. The molecule has 0 radical (unpaired) electrons. The number of rotatable bonds is 4. The summed E-state index contributed by atoms with van der Waals surface area (Å²) in [4.78, 5) is 8.66. The maximum Gasteiger partial charge on any atom is 0.235 e. The maximum absolute atomic E-state index is 5.65. The van der Waals surface area contributed by atoms with Crippen LogP contribution >= 0.6 is 0 Å². The van der Waals surface area contributed by atoms with Crippen LogP contribution in [0.3, 0.4) is 0 Å². The molecule has 1 aliphatic carbocycles. The Balaban J connectivity index is 1.57. The van der Waals surface area contributed by atoms with Gasteiger partial charge in [-0.3, -0.25) is 0 Å². The lowest BCUT2D eigenvalue weighted by atomic mass is 10.1. The molecule has 3 aromatic heterocycles. The van der Waals surface area contributed by atoms with Gasteiger partial charge in [0.05, 0.1) is 23.7 Å². The molecule has 0 aliphatic heterocycles. The predicted molar refractivity (Wildman–Crippen MR) is 83.9 cm³/mol. The number of hydrogen-bond donors (Lipinski definition) is 1. The molecule has 1 N–H and O–H groups in total. The van der Waals surface area contributed by atoms with Gasteiger partial charge in [-0.15, -0.1) is 10.2 Å². The topological polar surface area (TPSA) is 94.6 Å². The van der Waals surface area contributed by atoms with Gasteiger partial charge < -0.3 is 9.73 Å². The van der Waals surface area contributed by atoms with Crippen LogP contribution < -0.4 is 5.32 Å². The lowest BCUT2D eigenvalue weighted by Crippen LogP contribution is -2.23. The van der Waals surface area contributed by atoms with Crippen LogP contribution in [0.1, 0.15) is 51.3 Å². The summed E-state index contributed by atoms with van der Waals surface area (Å²) in [6.07, 6.45) is 5.62. The first-order chi connectivity index (χ1) is 11.0. The zero-order valence-corrected chi connectivity index (χ0v) is 13.4. The van der Waals surface area contributed by atoms with Crippen molar-refractivity contribution in [2.24, 2.45) is 0 Å². The van der Waals surface area contributed by atoms with Crippen molar-refractivity contribution in [3.8, 4) is 0 Å². The first-order valence-electron chi connectivity index (χ1n) is 7.78. The second-order valence-electron chi connectivity index (χ2n) is 6.85. The zero-order valence-electron chi connectivity index (χ0n) is 13.4. The van der Waals surface area contributed by atoms with E-state index in [0.29, 0.717) is 18.4 Å². The van der Waals surface area contributed by atoms with Crippen molar-refractivity contribution >= 4 is 16.9 Å². The summed E-state index contributed by atoms with van der Waals surface area (Å²) in [6.45, 7) is 6.71. The van der Waals surface area contributed by atoms with E-state index in [4.69, 9.17) is 4.42 Å². The monoisotopic (exact) mass is 313 g/mol. The van der Waals surface area contributed by atoms with E-state index in [9.17, 15) is 0 Å². The summed E-state index contributed by atoms with van der Waals surface area (Å²) in [5.41, 5.74) is 0.665. The molecule has 0 aromatic carbocycles. The summed E-state index contributed by atoms with van der Waals surface area (Å²) in [7, 11) is 0. The number of hydrogen-bond acceptors (Lipinski definition) is 7. The van der Waals surface area contributed by atoms with Crippen molar-refractivity contribution in [2.75, 3.05) is 5.32 Å². The van der Waals surface area contributed by atoms with E-state index in [0.717, 1.165) is 35.6 Å². The van der Waals surface area contributed by atoms with E-state index >= 15 is 0 Å². The van der Waals surface area contributed by atoms with Crippen LogP contribution in [0.2, 0.25) is 0 Å². The van der Waals surface area contributed by atoms with Crippen molar-refractivity contribution < 1.29 is 4.42 Å². The van der Waals surface area contributed by atoms with Gasteiger partial charge in [-0.1, -0.05) is 0 Å². The van der Waals surface area contributed by atoms with E-state index in [1.165, 1.54) is 6.33 Å². The van der Waals surface area contributed by atoms with Gasteiger partial charge in [-0.2, -0.15) is 5.10 Å². The van der Waals surface area contributed by atoms with Gasteiger partial charge in [0, 0.05) is 5.92 Å². The maximum atomic E-state index is 5.65. The summed E-state index contributed by atoms with van der Waals surface area (Å²) >= 11 is 0. The minimum absolute atomic E-state index is 0.140. The predicted octanol–water partition coefficient (Wildman–Crippen LogP) is 2.45. The van der Waals surface area contributed by atoms with Crippen LogP contribution in [0, 0.1) is 0 Å². The average molecular weight is 313 g/mol. The molecule has 1 aliphatic rings. The highest BCUT2D eigenvalue weighted by molar-refractivity contribution is 5.86. The normalized spacial score (nSPS) is 15.3. The van der Waals surface area contributed by atoms with Crippen molar-refractivity contribution in [2.45, 2.75) is 51.6 Å². The van der Waals surface area contributed by atoms with Crippen LogP contribution in [0.5, 0.6) is 0 Å². The molecule has 120 valence electrons. The highest BCUT2D eigenvalue weighted by Gasteiger charge is 2.29. The first-order valence-corrected chi connectivity index (χ1v) is 7.78. The van der Waals surface area contributed by atoms with Crippen LogP contribution in [-0.2, 0) is 12.1 Å². The van der Waals surface area contributed by atoms with E-state index < -0.39 is 0 Å². The van der Waals surface area contributed by atoms with Crippen LogP contribution in [-0.4, -0.2) is 29.9 Å². The molecule has 3 aromatic rings. The smallest absolute Gasteiger partial charge is 0.235 e. The highest BCUT2D eigenvalue weighted by atomic mass is 16.4. The van der Waals surface area contributed by atoms with Crippen LogP contribution in [0.15, 0.2) is 16.9 Å². The number of anilines is 1. The number of nitrogens with zero attached hydrogens (tertiary/aromatic N) is 6. The molecule has 3 heterocycles. The third-order valence-electron chi connectivity index (χ3n) is 3.82. The molecule has 1 saturated carbocycles. The number of nitrogens with one attached hydrogen (secondary N) is 1. The van der Waals surface area contributed by atoms with Gasteiger partial charge in [0.15, 0.2) is 5.65 Å². The Kier molecular flexibility index (Phi) is 3.07. The summed E-state index contributed by atoms with van der Waals surface area (Å²) in [5, 5.41) is 16.7. The van der Waals surface area contributed by atoms with Gasteiger partial charge in [0.1, 0.15) is 12.1 Å². The summed E-state index contributed by atoms with van der Waals surface area (Å²) in [6, 6.07) is 0. The molecule has 23 heavy (non-hydrogen) atoms. The third-order valence-corrected chi connectivity index (χ3v) is 3.82. The van der Waals surface area contributed by atoms with Crippen molar-refractivity contribution in [3.63, 3.8) is 0 Å². The highest BCUT2D eigenvalue weighted by Crippen LogP contribution is 2.39. The van der Waals surface area contributed by atoms with Crippen LogP contribution in [0.25, 0.3) is 11.0 Å². The van der Waals surface area contributed by atoms with E-state index in [2.05, 4.69) is 51.4 Å². The second kappa shape index (κ2) is 5.00. The molecule has 8 heteroatoms. The first kappa shape index (κ1) is 14.1. The summed E-state index contributed by atoms with van der Waals surface area (Å²) in [5.74, 6) is 2.50. The van der Waals surface area contributed by atoms with E-state index in [1.807, 2.05) is 4.68 Å². The quantitative estimate of drug-likeness (QED) is 0.790. The Morgan fingerprint density at radius 3 is 2.83 bits per heavy atom. The molecule has 0 amide bonds. The molecule has 0 bridgehead atoms. The Morgan fingerprint density at radius 1 is 1.26 bits per heavy atom. The van der Waals surface area contributed by atoms with E-state index in [1.54, 1.807) is 6.20 Å². The third kappa shape index (κ3) is 2.64. The molecular weight excluding hydrogens is 294 g/mol. The lowest BCUT2D eigenvalue weighted by Gasteiger charge is -2.19. The Bertz CT molecular complexity index is 841. The van der Waals surface area contributed by atoms with Gasteiger partial charge in [-0.05, 0) is 33.6 Å². The molecule has 1 fully saturated rings. The fourth-order valence-corrected chi connectivity index (χ4v) is 2.47. The van der Waals surface area contributed by atoms with Crippen molar-refractivity contribution in [1.29, 1.82) is 0 Å². The minimum atomic E-state index is -0.140. The van der Waals surface area contributed by atoms with Crippen molar-refractivity contribution in [3.05, 3.63) is 24.3 Å². The molecule has 8 nitrogen and oxygen atoms in total. The largest absolute Gasteiger partial charge is 0.423 e. The minimum Gasteiger partial charge on any atom is -0.423 e. The Hall–Kier alpha value is -2.51. The van der Waals surface area contributed by atoms with Gasteiger partial charge in [0.2, 0.25) is 11.8 Å². The fraction of sp³-hybridized carbons (Fsp3) is 0.533. The second-order valence-corrected chi connectivity index (χ2v) is 6.85. The van der Waals surface area contributed by atoms with Gasteiger partial charge >= 0.3 is 0 Å².